The Hall–Kier alpha value is -0.920. The van der Waals surface area contributed by atoms with Crippen LogP contribution >= 0.6 is 0 Å². The van der Waals surface area contributed by atoms with Crippen molar-refractivity contribution >= 4 is 0 Å². The van der Waals surface area contributed by atoms with Crippen LogP contribution in [0.5, 0.6) is 0 Å². The summed E-state index contributed by atoms with van der Waals surface area (Å²) in [6.45, 7) is 4.55. The second-order valence-corrected chi connectivity index (χ2v) is 5.92. The fraction of sp³-hybridized carbons (Fsp3) is 0.778. The lowest BCUT2D eigenvalue weighted by molar-refractivity contribution is 0.491. The summed E-state index contributed by atoms with van der Waals surface area (Å²) in [6, 6.07) is 0. The summed E-state index contributed by atoms with van der Waals surface area (Å²) < 4.78 is 0. The zero-order valence-electron chi connectivity index (χ0n) is 13.5. The highest BCUT2D eigenvalue weighted by atomic mass is 14.8. The summed E-state index contributed by atoms with van der Waals surface area (Å²) in [4.78, 5) is 8.39. The Labute approximate surface area is 125 Å². The van der Waals surface area contributed by atoms with Crippen molar-refractivity contribution in [1.82, 2.24) is 9.97 Å². The molecule has 0 aliphatic heterocycles. The number of rotatable bonds is 12. The maximum atomic E-state index is 4.20. The van der Waals surface area contributed by atoms with Crippen molar-refractivity contribution in [3.63, 3.8) is 0 Å². The summed E-state index contributed by atoms with van der Waals surface area (Å²) in [6.07, 6.45) is 20.5. The number of aromatic nitrogens is 2. The third-order valence-electron chi connectivity index (χ3n) is 4.11. The van der Waals surface area contributed by atoms with E-state index in [4.69, 9.17) is 0 Å². The lowest BCUT2D eigenvalue weighted by Gasteiger charge is -2.16. The molecule has 20 heavy (non-hydrogen) atoms. The second-order valence-electron chi connectivity index (χ2n) is 5.92. The molecule has 1 aromatic heterocycles. The van der Waals surface area contributed by atoms with E-state index < -0.39 is 0 Å². The molecular formula is C18H32N2. The molecule has 1 aromatic rings. The Bertz CT molecular complexity index is 310. The maximum absolute atomic E-state index is 4.20. The lowest BCUT2D eigenvalue weighted by atomic mass is 9.90. The van der Waals surface area contributed by atoms with E-state index in [0.717, 1.165) is 0 Å². The van der Waals surface area contributed by atoms with Crippen molar-refractivity contribution in [3.05, 3.63) is 24.3 Å². The van der Waals surface area contributed by atoms with Crippen molar-refractivity contribution in [2.75, 3.05) is 0 Å². The van der Waals surface area contributed by atoms with Crippen LogP contribution in [0.2, 0.25) is 0 Å². The van der Waals surface area contributed by atoms with Crippen LogP contribution < -0.4 is 0 Å². The second kappa shape index (κ2) is 11.9. The van der Waals surface area contributed by atoms with Crippen LogP contribution in [0.3, 0.4) is 0 Å². The van der Waals surface area contributed by atoms with Gasteiger partial charge in [0.1, 0.15) is 6.33 Å². The number of hydrogen-bond acceptors (Lipinski definition) is 2. The van der Waals surface area contributed by atoms with E-state index in [1.54, 1.807) is 6.33 Å². The van der Waals surface area contributed by atoms with Crippen LogP contribution in [-0.2, 0) is 0 Å². The summed E-state index contributed by atoms with van der Waals surface area (Å²) >= 11 is 0. The van der Waals surface area contributed by atoms with E-state index in [1.807, 2.05) is 12.4 Å². The number of hydrogen-bond donors (Lipinski definition) is 0. The van der Waals surface area contributed by atoms with Crippen LogP contribution in [0.15, 0.2) is 18.7 Å². The van der Waals surface area contributed by atoms with Crippen LogP contribution in [0.25, 0.3) is 0 Å². The van der Waals surface area contributed by atoms with Crippen LogP contribution in [0, 0.1) is 0 Å². The van der Waals surface area contributed by atoms with E-state index in [-0.39, 0.29) is 0 Å². The predicted octanol–water partition coefficient (Wildman–Crippen LogP) is 5.89. The summed E-state index contributed by atoms with van der Waals surface area (Å²) in [5.41, 5.74) is 1.35. The minimum atomic E-state index is 0.676. The molecule has 2 nitrogen and oxygen atoms in total. The van der Waals surface area contributed by atoms with Gasteiger partial charge in [-0.15, -0.1) is 0 Å². The molecule has 1 unspecified atom stereocenters. The Kier molecular flexibility index (Phi) is 10.2. The molecule has 114 valence electrons. The van der Waals surface area contributed by atoms with Gasteiger partial charge in [-0.2, -0.15) is 0 Å². The monoisotopic (exact) mass is 276 g/mol. The minimum Gasteiger partial charge on any atom is -0.245 e. The highest BCUT2D eigenvalue weighted by Gasteiger charge is 2.11. The Morgan fingerprint density at radius 3 is 1.80 bits per heavy atom. The van der Waals surface area contributed by atoms with Crippen molar-refractivity contribution in [2.24, 2.45) is 0 Å². The van der Waals surface area contributed by atoms with Crippen LogP contribution in [0.1, 0.15) is 96.0 Å². The molecule has 1 atom stereocenters. The first kappa shape index (κ1) is 17.1. The SMILES string of the molecule is CCCCCCCC(CCCCCC)c1cncnc1. The van der Waals surface area contributed by atoms with Gasteiger partial charge in [0.25, 0.3) is 0 Å². The molecular weight excluding hydrogens is 244 g/mol. The molecule has 0 radical (unpaired) electrons. The average Bonchev–Trinajstić information content (AvgIpc) is 2.50. The minimum absolute atomic E-state index is 0.676. The molecule has 2 heteroatoms. The van der Waals surface area contributed by atoms with E-state index >= 15 is 0 Å². The lowest BCUT2D eigenvalue weighted by Crippen LogP contribution is -2.01. The molecule has 0 aliphatic carbocycles. The zero-order valence-corrected chi connectivity index (χ0v) is 13.5. The van der Waals surface area contributed by atoms with Crippen LogP contribution in [0.4, 0.5) is 0 Å². The van der Waals surface area contributed by atoms with Gasteiger partial charge in [0.15, 0.2) is 0 Å². The van der Waals surface area contributed by atoms with Gasteiger partial charge in [-0.1, -0.05) is 71.6 Å². The molecule has 0 N–H and O–H groups in total. The van der Waals surface area contributed by atoms with Gasteiger partial charge in [-0.25, -0.2) is 9.97 Å². The van der Waals surface area contributed by atoms with Crippen molar-refractivity contribution in [2.45, 2.75) is 90.4 Å². The van der Waals surface area contributed by atoms with Crippen molar-refractivity contribution < 1.29 is 0 Å². The van der Waals surface area contributed by atoms with Gasteiger partial charge in [-0.05, 0) is 24.3 Å². The molecule has 1 rings (SSSR count). The molecule has 0 spiro atoms. The smallest absolute Gasteiger partial charge is 0.115 e. The highest BCUT2D eigenvalue weighted by molar-refractivity contribution is 5.09. The molecule has 0 fully saturated rings. The van der Waals surface area contributed by atoms with E-state index in [2.05, 4.69) is 23.8 Å². The molecule has 0 amide bonds. The van der Waals surface area contributed by atoms with Crippen LogP contribution in [-0.4, -0.2) is 9.97 Å². The van der Waals surface area contributed by atoms with Crippen molar-refractivity contribution in [1.29, 1.82) is 0 Å². The quantitative estimate of drug-likeness (QED) is 0.445. The fourth-order valence-corrected chi connectivity index (χ4v) is 2.81. The molecule has 0 bridgehead atoms. The van der Waals surface area contributed by atoms with Gasteiger partial charge >= 0.3 is 0 Å². The first-order valence-corrected chi connectivity index (χ1v) is 8.63. The Balaban J connectivity index is 2.35. The first-order valence-electron chi connectivity index (χ1n) is 8.63. The zero-order chi connectivity index (χ0) is 14.5. The molecule has 0 aliphatic rings. The summed E-state index contributed by atoms with van der Waals surface area (Å²) in [7, 11) is 0. The molecule has 0 saturated carbocycles. The molecule has 0 saturated heterocycles. The van der Waals surface area contributed by atoms with Gasteiger partial charge in [0.2, 0.25) is 0 Å². The molecule has 1 heterocycles. The Morgan fingerprint density at radius 2 is 1.25 bits per heavy atom. The predicted molar refractivity (Wildman–Crippen MR) is 86.9 cm³/mol. The third-order valence-corrected chi connectivity index (χ3v) is 4.11. The Morgan fingerprint density at radius 1 is 0.750 bits per heavy atom. The first-order chi connectivity index (χ1) is 9.88. The maximum Gasteiger partial charge on any atom is 0.115 e. The standard InChI is InChI=1S/C18H32N2/c1-3-5-7-9-11-13-17(12-10-8-6-4-2)18-14-19-16-20-15-18/h14-17H,3-13H2,1-2H3. The van der Waals surface area contributed by atoms with E-state index in [0.29, 0.717) is 5.92 Å². The molecule has 0 aromatic carbocycles. The van der Waals surface area contributed by atoms with Crippen molar-refractivity contribution in [3.8, 4) is 0 Å². The normalized spacial score (nSPS) is 12.5. The number of nitrogens with zero attached hydrogens (tertiary/aromatic N) is 2. The topological polar surface area (TPSA) is 25.8 Å². The summed E-state index contributed by atoms with van der Waals surface area (Å²) in [5, 5.41) is 0. The largest absolute Gasteiger partial charge is 0.245 e. The highest BCUT2D eigenvalue weighted by Crippen LogP contribution is 2.27. The van der Waals surface area contributed by atoms with Gasteiger partial charge in [-0.3, -0.25) is 0 Å². The van der Waals surface area contributed by atoms with E-state index in [9.17, 15) is 0 Å². The third kappa shape index (κ3) is 7.62. The number of unbranched alkanes of at least 4 members (excludes halogenated alkanes) is 7. The summed E-state index contributed by atoms with van der Waals surface area (Å²) in [5.74, 6) is 0.676. The van der Waals surface area contributed by atoms with Gasteiger partial charge in [0, 0.05) is 12.4 Å². The average molecular weight is 276 g/mol. The fourth-order valence-electron chi connectivity index (χ4n) is 2.81. The van der Waals surface area contributed by atoms with Gasteiger partial charge < -0.3 is 0 Å². The van der Waals surface area contributed by atoms with Gasteiger partial charge in [0.05, 0.1) is 0 Å². The van der Waals surface area contributed by atoms with E-state index in [1.165, 1.54) is 76.2 Å².